The molecule has 116 valence electrons. The molecule has 1 amide bonds. The molecular formula is C16H13BrN4OS. The molecule has 3 aromatic rings. The largest absolute Gasteiger partial charge is 0.321 e. The van der Waals surface area contributed by atoms with E-state index in [-0.39, 0.29) is 5.91 Å². The van der Waals surface area contributed by atoms with Gasteiger partial charge in [-0.25, -0.2) is 4.68 Å². The number of hydrogen-bond acceptors (Lipinski definition) is 4. The number of aryl methyl sites for hydroxylation is 1. The quantitative estimate of drug-likeness (QED) is 0.733. The molecule has 0 unspecified atom stereocenters. The summed E-state index contributed by atoms with van der Waals surface area (Å²) in [6.07, 6.45) is 0. The molecule has 0 aliphatic heterocycles. The number of carbonyl (C=O) groups is 1. The third-order valence-electron chi connectivity index (χ3n) is 3.07. The smallest absolute Gasteiger partial charge is 0.255 e. The van der Waals surface area contributed by atoms with Crippen molar-refractivity contribution >= 4 is 39.3 Å². The zero-order valence-electron chi connectivity index (χ0n) is 12.2. The van der Waals surface area contributed by atoms with E-state index in [1.165, 1.54) is 11.8 Å². The Labute approximate surface area is 146 Å². The summed E-state index contributed by atoms with van der Waals surface area (Å²) in [5.74, 6) is -0.141. The van der Waals surface area contributed by atoms with Gasteiger partial charge in [0.25, 0.3) is 5.91 Å². The molecule has 5 nitrogen and oxygen atoms in total. The minimum Gasteiger partial charge on any atom is -0.321 e. The molecule has 0 aliphatic carbocycles. The van der Waals surface area contributed by atoms with E-state index >= 15 is 0 Å². The lowest BCUT2D eigenvalue weighted by molar-refractivity contribution is 0.102. The number of nitrogens with one attached hydrogen (secondary N) is 1. The van der Waals surface area contributed by atoms with Crippen LogP contribution in [0.15, 0.2) is 69.4 Å². The number of halogens is 1. The molecule has 3 rings (SSSR count). The lowest BCUT2D eigenvalue weighted by Gasteiger charge is -2.10. The highest BCUT2D eigenvalue weighted by Crippen LogP contribution is 2.32. The number of anilines is 1. The summed E-state index contributed by atoms with van der Waals surface area (Å²) in [7, 11) is 1.82. The first-order chi connectivity index (χ1) is 11.1. The van der Waals surface area contributed by atoms with E-state index < -0.39 is 0 Å². The Hall–Kier alpha value is -2.12. The van der Waals surface area contributed by atoms with E-state index in [2.05, 4.69) is 31.3 Å². The van der Waals surface area contributed by atoms with Crippen LogP contribution in [-0.4, -0.2) is 20.7 Å². The van der Waals surface area contributed by atoms with E-state index in [0.717, 1.165) is 15.7 Å². The second-order valence-electron chi connectivity index (χ2n) is 4.71. The standard InChI is InChI=1S/C16H13BrN4OS/c1-21-16(19-15(17)20-21)23-13-10-6-5-9-12(13)18-14(22)11-7-3-2-4-8-11/h2-10H,1H3,(H,18,22). The van der Waals surface area contributed by atoms with E-state index in [0.29, 0.717) is 10.3 Å². The molecule has 0 saturated heterocycles. The maximum atomic E-state index is 12.3. The summed E-state index contributed by atoms with van der Waals surface area (Å²) in [5.41, 5.74) is 1.36. The highest BCUT2D eigenvalue weighted by atomic mass is 79.9. The fourth-order valence-electron chi connectivity index (χ4n) is 1.97. The highest BCUT2D eigenvalue weighted by Gasteiger charge is 2.12. The zero-order chi connectivity index (χ0) is 16.2. The van der Waals surface area contributed by atoms with Gasteiger partial charge in [0.05, 0.1) is 5.69 Å². The van der Waals surface area contributed by atoms with Crippen molar-refractivity contribution in [2.45, 2.75) is 10.1 Å². The SMILES string of the molecule is Cn1nc(Br)nc1Sc1ccccc1NC(=O)c1ccccc1. The van der Waals surface area contributed by atoms with E-state index in [9.17, 15) is 4.79 Å². The Morgan fingerprint density at radius 3 is 2.52 bits per heavy atom. The molecule has 1 N–H and O–H groups in total. The highest BCUT2D eigenvalue weighted by molar-refractivity contribution is 9.10. The fraction of sp³-hybridized carbons (Fsp3) is 0.0625. The minimum atomic E-state index is -0.141. The monoisotopic (exact) mass is 388 g/mol. The Balaban J connectivity index is 1.83. The number of amides is 1. The summed E-state index contributed by atoms with van der Waals surface area (Å²) >= 11 is 4.70. The van der Waals surface area contributed by atoms with Crippen LogP contribution in [0.1, 0.15) is 10.4 Å². The van der Waals surface area contributed by atoms with Crippen LogP contribution in [0.5, 0.6) is 0 Å². The topological polar surface area (TPSA) is 59.8 Å². The van der Waals surface area contributed by atoms with Crippen molar-refractivity contribution in [3.05, 3.63) is 64.9 Å². The van der Waals surface area contributed by atoms with Gasteiger partial charge in [0.1, 0.15) is 0 Å². The molecule has 0 spiro atoms. The van der Waals surface area contributed by atoms with Gasteiger partial charge in [0.15, 0.2) is 5.16 Å². The fourth-order valence-corrected chi connectivity index (χ4v) is 3.37. The van der Waals surface area contributed by atoms with Crippen molar-refractivity contribution in [1.29, 1.82) is 0 Å². The molecule has 7 heteroatoms. The van der Waals surface area contributed by atoms with Crippen LogP contribution in [0.2, 0.25) is 0 Å². The molecule has 0 atom stereocenters. The maximum absolute atomic E-state index is 12.3. The molecule has 0 aliphatic rings. The number of rotatable bonds is 4. The first kappa shape index (κ1) is 15.8. The number of aromatic nitrogens is 3. The Kier molecular flexibility index (Phi) is 4.78. The van der Waals surface area contributed by atoms with Crippen molar-refractivity contribution in [3.8, 4) is 0 Å². The van der Waals surface area contributed by atoms with E-state index in [1.807, 2.05) is 49.5 Å². The van der Waals surface area contributed by atoms with Crippen LogP contribution < -0.4 is 5.32 Å². The number of hydrogen-bond donors (Lipinski definition) is 1. The molecule has 0 bridgehead atoms. The average Bonchev–Trinajstić information content (AvgIpc) is 2.87. The third-order valence-corrected chi connectivity index (χ3v) is 4.52. The Bertz CT molecular complexity index is 835. The van der Waals surface area contributed by atoms with Crippen LogP contribution >= 0.6 is 27.7 Å². The van der Waals surface area contributed by atoms with Crippen LogP contribution in [0.25, 0.3) is 0 Å². The van der Waals surface area contributed by atoms with Gasteiger partial charge < -0.3 is 5.32 Å². The molecule has 1 heterocycles. The van der Waals surface area contributed by atoms with Crippen LogP contribution in [0.4, 0.5) is 5.69 Å². The number of nitrogens with zero attached hydrogens (tertiary/aromatic N) is 3. The van der Waals surface area contributed by atoms with Gasteiger partial charge in [-0.15, -0.1) is 5.10 Å². The summed E-state index contributed by atoms with van der Waals surface area (Å²) in [6.45, 7) is 0. The molecule has 1 aromatic heterocycles. The van der Waals surface area contributed by atoms with Gasteiger partial charge in [-0.2, -0.15) is 4.98 Å². The summed E-state index contributed by atoms with van der Waals surface area (Å²) in [4.78, 5) is 17.5. The number of carbonyl (C=O) groups excluding carboxylic acids is 1. The van der Waals surface area contributed by atoms with Crippen molar-refractivity contribution in [2.24, 2.45) is 7.05 Å². The lowest BCUT2D eigenvalue weighted by atomic mass is 10.2. The predicted octanol–water partition coefficient (Wildman–Crippen LogP) is 3.98. The molecular weight excluding hydrogens is 376 g/mol. The van der Waals surface area contributed by atoms with Crippen LogP contribution in [0, 0.1) is 0 Å². The van der Waals surface area contributed by atoms with E-state index in [4.69, 9.17) is 0 Å². The van der Waals surface area contributed by atoms with Gasteiger partial charge in [0.2, 0.25) is 4.73 Å². The number of para-hydroxylation sites is 1. The molecule has 0 radical (unpaired) electrons. The second-order valence-corrected chi connectivity index (χ2v) is 6.42. The third kappa shape index (κ3) is 3.80. The van der Waals surface area contributed by atoms with E-state index in [1.54, 1.807) is 16.8 Å². The van der Waals surface area contributed by atoms with Gasteiger partial charge >= 0.3 is 0 Å². The Morgan fingerprint density at radius 2 is 1.83 bits per heavy atom. The molecule has 0 fully saturated rings. The predicted molar refractivity (Wildman–Crippen MR) is 93.7 cm³/mol. The van der Waals surface area contributed by atoms with Crippen molar-refractivity contribution in [2.75, 3.05) is 5.32 Å². The maximum Gasteiger partial charge on any atom is 0.255 e. The van der Waals surface area contributed by atoms with Gasteiger partial charge in [-0.1, -0.05) is 30.3 Å². The van der Waals surface area contributed by atoms with Gasteiger partial charge in [-0.3, -0.25) is 4.79 Å². The first-order valence-corrected chi connectivity index (χ1v) is 8.44. The Morgan fingerprint density at radius 1 is 1.13 bits per heavy atom. The van der Waals surface area contributed by atoms with Crippen molar-refractivity contribution in [3.63, 3.8) is 0 Å². The summed E-state index contributed by atoms with van der Waals surface area (Å²) < 4.78 is 2.22. The molecule has 23 heavy (non-hydrogen) atoms. The van der Waals surface area contributed by atoms with Crippen LogP contribution in [-0.2, 0) is 7.05 Å². The van der Waals surface area contributed by atoms with Gasteiger partial charge in [0, 0.05) is 17.5 Å². The average molecular weight is 389 g/mol. The first-order valence-electron chi connectivity index (χ1n) is 6.83. The summed E-state index contributed by atoms with van der Waals surface area (Å²) in [5, 5.41) is 7.84. The second kappa shape index (κ2) is 6.97. The van der Waals surface area contributed by atoms with Crippen molar-refractivity contribution in [1.82, 2.24) is 14.8 Å². The number of benzene rings is 2. The lowest BCUT2D eigenvalue weighted by Crippen LogP contribution is -2.12. The minimum absolute atomic E-state index is 0.141. The van der Waals surface area contributed by atoms with Crippen LogP contribution in [0.3, 0.4) is 0 Å². The van der Waals surface area contributed by atoms with Gasteiger partial charge in [-0.05, 0) is 52.0 Å². The molecule has 0 saturated carbocycles. The summed E-state index contributed by atoms with van der Waals surface area (Å²) in [6, 6.07) is 16.7. The van der Waals surface area contributed by atoms with Crippen molar-refractivity contribution < 1.29 is 4.79 Å². The normalized spacial score (nSPS) is 10.5. The molecule has 2 aromatic carbocycles. The zero-order valence-corrected chi connectivity index (χ0v) is 14.6.